The zero-order valence-electron chi connectivity index (χ0n) is 3.97. The van der Waals surface area contributed by atoms with Crippen LogP contribution in [0.4, 0.5) is 0 Å². The lowest BCUT2D eigenvalue weighted by Crippen LogP contribution is -1.85. The molecule has 0 aromatic carbocycles. The summed E-state index contributed by atoms with van der Waals surface area (Å²) >= 11 is 0. The summed E-state index contributed by atoms with van der Waals surface area (Å²) in [6.45, 7) is 1.63. The van der Waals surface area contributed by atoms with E-state index < -0.39 is 5.91 Å². The van der Waals surface area contributed by atoms with Crippen molar-refractivity contribution in [3.05, 3.63) is 0 Å². The Morgan fingerprint density at radius 1 is 1.86 bits per heavy atom. The average Bonchev–Trinajstić information content (AvgIpc) is 1.68. The Morgan fingerprint density at radius 3 is 2.57 bits per heavy atom. The molecule has 0 atom stereocenters. The first-order valence-corrected chi connectivity index (χ1v) is 1.92. The minimum atomic E-state index is -0.421. The van der Waals surface area contributed by atoms with Crippen molar-refractivity contribution in [1.82, 2.24) is 0 Å². The maximum Gasteiger partial charge on any atom is 0.256 e. The predicted molar refractivity (Wildman–Crippen MR) is 23.4 cm³/mol. The molecule has 3 nitrogen and oxygen atoms in total. The number of amides is 1. The number of carbonyl (C=O) groups excluding carboxylic acids is 2. The highest BCUT2D eigenvalue weighted by Gasteiger charge is 1.87. The third kappa shape index (κ3) is 2.86. The highest BCUT2D eigenvalue weighted by Crippen LogP contribution is 1.76. The summed E-state index contributed by atoms with van der Waals surface area (Å²) in [6, 6.07) is 0. The smallest absolute Gasteiger partial charge is 0.256 e. The van der Waals surface area contributed by atoms with Crippen molar-refractivity contribution in [2.45, 2.75) is 13.3 Å². The van der Waals surface area contributed by atoms with Gasteiger partial charge in [-0.25, -0.2) is 4.79 Å². The van der Waals surface area contributed by atoms with Crippen molar-refractivity contribution >= 4 is 12.0 Å². The van der Waals surface area contributed by atoms with Crippen LogP contribution in [0.5, 0.6) is 0 Å². The molecule has 0 heterocycles. The molecule has 0 unspecified atom stereocenters. The topological polar surface area (TPSA) is 46.5 Å². The predicted octanol–water partition coefficient (Wildman–Crippen LogP) is 0.259. The first-order chi connectivity index (χ1) is 3.31. The van der Waals surface area contributed by atoms with E-state index in [-0.39, 0.29) is 6.42 Å². The Bertz CT molecular complexity index is 113. The Morgan fingerprint density at radius 2 is 2.43 bits per heavy atom. The molecule has 0 aliphatic carbocycles. The van der Waals surface area contributed by atoms with Crippen LogP contribution in [-0.4, -0.2) is 12.0 Å². The van der Waals surface area contributed by atoms with E-state index in [0.29, 0.717) is 0 Å². The van der Waals surface area contributed by atoms with Crippen LogP contribution < -0.4 is 0 Å². The lowest BCUT2D eigenvalue weighted by atomic mass is 10.5. The van der Waals surface area contributed by atoms with Crippen molar-refractivity contribution in [2.75, 3.05) is 0 Å². The minimum Gasteiger partial charge on any atom is -0.272 e. The molecule has 0 aliphatic heterocycles. The van der Waals surface area contributed by atoms with Crippen molar-refractivity contribution in [3.63, 3.8) is 0 Å². The second-order valence-electron chi connectivity index (χ2n) is 0.950. The van der Waals surface area contributed by atoms with Crippen molar-refractivity contribution in [2.24, 2.45) is 4.99 Å². The molecule has 0 bridgehead atoms. The Kier molecular flexibility index (Phi) is 2.81. The fourth-order valence-corrected chi connectivity index (χ4v) is 0.130. The number of carbonyl (C=O) groups is 1. The summed E-state index contributed by atoms with van der Waals surface area (Å²) < 4.78 is 0. The van der Waals surface area contributed by atoms with Crippen LogP contribution in [-0.2, 0) is 9.59 Å². The van der Waals surface area contributed by atoms with E-state index >= 15 is 0 Å². The van der Waals surface area contributed by atoms with Gasteiger partial charge < -0.3 is 0 Å². The summed E-state index contributed by atoms with van der Waals surface area (Å²) in [5.74, 6) is -0.421. The number of isocyanates is 1. The summed E-state index contributed by atoms with van der Waals surface area (Å²) in [5.41, 5.74) is 0. The summed E-state index contributed by atoms with van der Waals surface area (Å²) in [7, 11) is 0. The van der Waals surface area contributed by atoms with E-state index in [0.717, 1.165) is 6.08 Å². The maximum atomic E-state index is 9.98. The number of nitrogens with zero attached hydrogens (tertiary/aromatic N) is 1. The standard InChI is InChI=1S/C4H5NO2/c1-2-4(7)5-3-6/h2H2,1H3. The fraction of sp³-hybridized carbons (Fsp3) is 0.500. The Hall–Kier alpha value is -0.950. The molecule has 0 fully saturated rings. The molecule has 1 amide bonds. The molecular formula is C4H5NO2. The molecule has 0 aromatic heterocycles. The van der Waals surface area contributed by atoms with Gasteiger partial charge in [0, 0.05) is 6.42 Å². The quantitative estimate of drug-likeness (QED) is 0.349. The first kappa shape index (κ1) is 6.05. The second kappa shape index (κ2) is 3.25. The van der Waals surface area contributed by atoms with Gasteiger partial charge in [-0.05, 0) is 0 Å². The molecule has 0 spiro atoms. The van der Waals surface area contributed by atoms with Crippen LogP contribution in [0, 0.1) is 0 Å². The molecule has 0 saturated heterocycles. The lowest BCUT2D eigenvalue weighted by Gasteiger charge is -1.73. The Balaban J connectivity index is 3.58. The largest absolute Gasteiger partial charge is 0.272 e. The zero-order valence-corrected chi connectivity index (χ0v) is 3.97. The van der Waals surface area contributed by atoms with Gasteiger partial charge in [-0.2, -0.15) is 0 Å². The van der Waals surface area contributed by atoms with Crippen LogP contribution in [0.25, 0.3) is 0 Å². The maximum absolute atomic E-state index is 9.98. The lowest BCUT2D eigenvalue weighted by molar-refractivity contribution is -0.117. The molecule has 0 radical (unpaired) electrons. The third-order valence-electron chi connectivity index (χ3n) is 0.473. The van der Waals surface area contributed by atoms with Gasteiger partial charge in [0.25, 0.3) is 5.91 Å². The SMILES string of the molecule is CCC(=O)N=C=O. The van der Waals surface area contributed by atoms with Crippen molar-refractivity contribution in [1.29, 1.82) is 0 Å². The highest BCUT2D eigenvalue weighted by atomic mass is 16.2. The van der Waals surface area contributed by atoms with Crippen LogP contribution in [0.2, 0.25) is 0 Å². The molecule has 7 heavy (non-hydrogen) atoms. The van der Waals surface area contributed by atoms with Crippen LogP contribution in [0.3, 0.4) is 0 Å². The number of aliphatic imine (C=N–C) groups is 1. The van der Waals surface area contributed by atoms with Gasteiger partial charge in [-0.15, -0.1) is 4.99 Å². The van der Waals surface area contributed by atoms with E-state index in [4.69, 9.17) is 0 Å². The van der Waals surface area contributed by atoms with Gasteiger partial charge in [-0.3, -0.25) is 4.79 Å². The number of hydrogen-bond donors (Lipinski definition) is 0. The fourth-order valence-electron chi connectivity index (χ4n) is 0.130. The molecule has 0 aromatic rings. The average molecular weight is 99.1 g/mol. The summed E-state index contributed by atoms with van der Waals surface area (Å²) in [5, 5.41) is 0. The van der Waals surface area contributed by atoms with E-state index in [1.807, 2.05) is 0 Å². The summed E-state index contributed by atoms with van der Waals surface area (Å²) in [6.07, 6.45) is 1.42. The molecule has 0 aliphatic rings. The van der Waals surface area contributed by atoms with Crippen molar-refractivity contribution < 1.29 is 9.59 Å². The van der Waals surface area contributed by atoms with Crippen molar-refractivity contribution in [3.8, 4) is 0 Å². The number of rotatable bonds is 1. The molecule has 0 saturated carbocycles. The first-order valence-electron chi connectivity index (χ1n) is 1.92. The van der Waals surface area contributed by atoms with E-state index in [1.165, 1.54) is 0 Å². The van der Waals surface area contributed by atoms with Crippen LogP contribution in [0.1, 0.15) is 13.3 Å². The minimum absolute atomic E-state index is 0.273. The summed E-state index contributed by atoms with van der Waals surface area (Å²) in [4.78, 5) is 22.0. The zero-order chi connectivity index (χ0) is 5.70. The van der Waals surface area contributed by atoms with Gasteiger partial charge in [-0.1, -0.05) is 6.92 Å². The van der Waals surface area contributed by atoms with Gasteiger partial charge in [0.05, 0.1) is 0 Å². The molecular weight excluding hydrogens is 94.0 g/mol. The van der Waals surface area contributed by atoms with Crippen LogP contribution >= 0.6 is 0 Å². The van der Waals surface area contributed by atoms with Gasteiger partial charge >= 0.3 is 0 Å². The number of hydrogen-bond acceptors (Lipinski definition) is 2. The third-order valence-corrected chi connectivity index (χ3v) is 0.473. The van der Waals surface area contributed by atoms with E-state index in [9.17, 15) is 9.59 Å². The van der Waals surface area contributed by atoms with Gasteiger partial charge in [0.15, 0.2) is 0 Å². The van der Waals surface area contributed by atoms with Gasteiger partial charge in [0.1, 0.15) is 0 Å². The molecule has 0 rings (SSSR count). The molecule has 0 N–H and O–H groups in total. The highest BCUT2D eigenvalue weighted by molar-refractivity contribution is 5.80. The molecule has 38 valence electrons. The van der Waals surface area contributed by atoms with Gasteiger partial charge in [0.2, 0.25) is 6.08 Å². The second-order valence-corrected chi connectivity index (χ2v) is 0.950. The Labute approximate surface area is 41.1 Å². The molecule has 3 heteroatoms. The normalized spacial score (nSPS) is 7.00. The van der Waals surface area contributed by atoms with E-state index in [2.05, 4.69) is 4.99 Å². The monoisotopic (exact) mass is 99.0 g/mol. The van der Waals surface area contributed by atoms with E-state index in [1.54, 1.807) is 6.92 Å². The van der Waals surface area contributed by atoms with Crippen LogP contribution in [0.15, 0.2) is 4.99 Å².